The summed E-state index contributed by atoms with van der Waals surface area (Å²) >= 11 is 1.72. The minimum atomic E-state index is 0.381. The summed E-state index contributed by atoms with van der Waals surface area (Å²) < 4.78 is 0. The van der Waals surface area contributed by atoms with E-state index in [1.54, 1.807) is 11.8 Å². The van der Waals surface area contributed by atoms with Crippen LogP contribution in [-0.2, 0) is 0 Å². The number of nitrogens with one attached hydrogen (secondary N) is 1. The van der Waals surface area contributed by atoms with Gasteiger partial charge in [0.25, 0.3) is 0 Å². The highest BCUT2D eigenvalue weighted by atomic mass is 32.2. The van der Waals surface area contributed by atoms with Crippen LogP contribution >= 0.6 is 11.8 Å². The highest BCUT2D eigenvalue weighted by Crippen LogP contribution is 2.22. The van der Waals surface area contributed by atoms with Crippen molar-refractivity contribution in [2.24, 2.45) is 4.99 Å². The molecule has 1 aromatic carbocycles. The number of hydrogen-bond acceptors (Lipinski definition) is 4. The van der Waals surface area contributed by atoms with Gasteiger partial charge >= 0.3 is 0 Å². The third-order valence-corrected chi connectivity index (χ3v) is 3.54. The lowest BCUT2D eigenvalue weighted by Crippen LogP contribution is -2.06. The molecule has 0 saturated heterocycles. The summed E-state index contributed by atoms with van der Waals surface area (Å²) in [4.78, 5) is 4.47. The van der Waals surface area contributed by atoms with Crippen LogP contribution in [0.1, 0.15) is 18.1 Å². The molecule has 1 atom stereocenters. The molecule has 1 heterocycles. The van der Waals surface area contributed by atoms with E-state index in [-0.39, 0.29) is 0 Å². The predicted molar refractivity (Wildman–Crippen MR) is 68.9 cm³/mol. The van der Waals surface area contributed by atoms with Gasteiger partial charge in [-0.3, -0.25) is 4.99 Å². The van der Waals surface area contributed by atoms with Crippen LogP contribution in [0, 0.1) is 18.3 Å². The number of aliphatic imine (C=N–C) groups is 1. The molecule has 0 saturated carbocycles. The first-order valence-corrected chi connectivity index (χ1v) is 6.16. The Balaban J connectivity index is 2.21. The first-order valence-electron chi connectivity index (χ1n) is 5.17. The number of rotatable bonds is 1. The molecule has 0 amide bonds. The van der Waals surface area contributed by atoms with Gasteiger partial charge in [-0.25, -0.2) is 0 Å². The second-order valence-electron chi connectivity index (χ2n) is 3.86. The summed E-state index contributed by atoms with van der Waals surface area (Å²) in [6.07, 6.45) is 0. The monoisotopic (exact) mass is 231 g/mol. The molecule has 1 aromatic rings. The maximum Gasteiger partial charge on any atom is 0.161 e. The minimum absolute atomic E-state index is 0.381. The first-order chi connectivity index (χ1) is 7.69. The molecular weight excluding hydrogens is 218 g/mol. The Morgan fingerprint density at radius 2 is 2.38 bits per heavy atom. The topological polar surface area (TPSA) is 48.2 Å². The summed E-state index contributed by atoms with van der Waals surface area (Å²) in [5, 5.41) is 13.1. The van der Waals surface area contributed by atoms with Crippen molar-refractivity contribution < 1.29 is 0 Å². The van der Waals surface area contributed by atoms with Crippen LogP contribution in [0.25, 0.3) is 0 Å². The van der Waals surface area contributed by atoms with Gasteiger partial charge < -0.3 is 5.32 Å². The van der Waals surface area contributed by atoms with Gasteiger partial charge in [0.05, 0.1) is 17.7 Å². The largest absolute Gasteiger partial charge is 0.335 e. The summed E-state index contributed by atoms with van der Waals surface area (Å²) in [5.74, 6) is 1.03. The Kier molecular flexibility index (Phi) is 3.16. The molecule has 0 spiro atoms. The molecule has 0 bridgehead atoms. The smallest absolute Gasteiger partial charge is 0.161 e. The number of hydrogen-bond donors (Lipinski definition) is 1. The van der Waals surface area contributed by atoms with Crippen molar-refractivity contribution in [3.8, 4) is 6.07 Å². The Morgan fingerprint density at radius 3 is 3.00 bits per heavy atom. The molecule has 16 heavy (non-hydrogen) atoms. The maximum atomic E-state index is 8.84. The van der Waals surface area contributed by atoms with Crippen molar-refractivity contribution >= 4 is 22.6 Å². The Morgan fingerprint density at radius 1 is 1.56 bits per heavy atom. The number of benzene rings is 1. The number of nitriles is 1. The van der Waals surface area contributed by atoms with Crippen molar-refractivity contribution in [3.05, 3.63) is 29.3 Å². The molecule has 1 aliphatic heterocycles. The van der Waals surface area contributed by atoms with Crippen LogP contribution in [-0.4, -0.2) is 17.0 Å². The zero-order chi connectivity index (χ0) is 11.5. The lowest BCUT2D eigenvalue weighted by Gasteiger charge is -2.08. The van der Waals surface area contributed by atoms with E-state index in [1.807, 2.05) is 25.1 Å². The van der Waals surface area contributed by atoms with Gasteiger partial charge in [-0.15, -0.1) is 0 Å². The van der Waals surface area contributed by atoms with E-state index in [2.05, 4.69) is 23.3 Å². The molecule has 0 aromatic heterocycles. The fourth-order valence-corrected chi connectivity index (χ4v) is 2.39. The van der Waals surface area contributed by atoms with Gasteiger partial charge in [0.2, 0.25) is 0 Å². The lowest BCUT2D eigenvalue weighted by atomic mass is 10.1. The standard InChI is InChI=1S/C12H13N3S/c1-8-3-4-10(6-13)5-11(8)15-12-14-9(2)7-16-12/h3-5,9H,7H2,1-2H3,(H,14,15). The van der Waals surface area contributed by atoms with E-state index in [4.69, 9.17) is 5.26 Å². The SMILES string of the molecule is Cc1ccc(C#N)cc1NC1=NC(C)CS1. The second-order valence-corrected chi connectivity index (χ2v) is 4.87. The summed E-state index contributed by atoms with van der Waals surface area (Å²) in [7, 11) is 0. The van der Waals surface area contributed by atoms with Gasteiger partial charge in [-0.05, 0) is 31.5 Å². The van der Waals surface area contributed by atoms with Crippen molar-refractivity contribution in [1.82, 2.24) is 0 Å². The van der Waals surface area contributed by atoms with Crippen LogP contribution in [0.3, 0.4) is 0 Å². The number of anilines is 1. The molecule has 2 rings (SSSR count). The van der Waals surface area contributed by atoms with Crippen LogP contribution < -0.4 is 5.32 Å². The number of thioether (sulfide) groups is 1. The second kappa shape index (κ2) is 4.58. The quantitative estimate of drug-likeness (QED) is 0.808. The van der Waals surface area contributed by atoms with Crippen LogP contribution in [0.2, 0.25) is 0 Å². The number of aryl methyl sites for hydroxylation is 1. The molecule has 1 N–H and O–H groups in total. The highest BCUT2D eigenvalue weighted by molar-refractivity contribution is 8.14. The molecule has 3 nitrogen and oxygen atoms in total. The highest BCUT2D eigenvalue weighted by Gasteiger charge is 2.14. The summed E-state index contributed by atoms with van der Waals surface area (Å²) in [6, 6.07) is 8.16. The zero-order valence-corrected chi connectivity index (χ0v) is 10.1. The van der Waals surface area contributed by atoms with E-state index in [9.17, 15) is 0 Å². The molecular formula is C12H13N3S. The Hall–Kier alpha value is -1.47. The molecule has 0 radical (unpaired) electrons. The molecule has 1 unspecified atom stereocenters. The lowest BCUT2D eigenvalue weighted by molar-refractivity contribution is 0.865. The first kappa shape index (κ1) is 11.0. The average Bonchev–Trinajstić information content (AvgIpc) is 2.67. The molecule has 82 valence electrons. The van der Waals surface area contributed by atoms with E-state index in [0.717, 1.165) is 22.2 Å². The third-order valence-electron chi connectivity index (χ3n) is 2.41. The van der Waals surface area contributed by atoms with Gasteiger partial charge in [0, 0.05) is 11.4 Å². The maximum absolute atomic E-state index is 8.84. The summed E-state index contributed by atoms with van der Waals surface area (Å²) in [6.45, 7) is 4.12. The normalized spacial score (nSPS) is 19.1. The van der Waals surface area contributed by atoms with E-state index >= 15 is 0 Å². The van der Waals surface area contributed by atoms with Crippen LogP contribution in [0.5, 0.6) is 0 Å². The van der Waals surface area contributed by atoms with Crippen molar-refractivity contribution in [3.63, 3.8) is 0 Å². The van der Waals surface area contributed by atoms with Crippen molar-refractivity contribution in [2.75, 3.05) is 11.1 Å². The van der Waals surface area contributed by atoms with Gasteiger partial charge in [-0.1, -0.05) is 17.8 Å². The number of nitrogens with zero attached hydrogens (tertiary/aromatic N) is 2. The number of amidine groups is 1. The Bertz CT molecular complexity index is 474. The van der Waals surface area contributed by atoms with Crippen LogP contribution in [0.4, 0.5) is 5.69 Å². The molecule has 0 fully saturated rings. The van der Waals surface area contributed by atoms with E-state index < -0.39 is 0 Å². The average molecular weight is 231 g/mol. The van der Waals surface area contributed by atoms with E-state index in [1.165, 1.54) is 0 Å². The molecule has 4 heteroatoms. The Labute approximate surface area is 99.6 Å². The molecule has 0 aliphatic carbocycles. The minimum Gasteiger partial charge on any atom is -0.335 e. The van der Waals surface area contributed by atoms with E-state index in [0.29, 0.717) is 11.6 Å². The predicted octanol–water partition coefficient (Wildman–Crippen LogP) is 2.77. The van der Waals surface area contributed by atoms with Gasteiger partial charge in [0.15, 0.2) is 5.17 Å². The van der Waals surface area contributed by atoms with Crippen LogP contribution in [0.15, 0.2) is 23.2 Å². The fourth-order valence-electron chi connectivity index (χ4n) is 1.48. The third kappa shape index (κ3) is 2.37. The summed E-state index contributed by atoms with van der Waals surface area (Å²) in [5.41, 5.74) is 2.77. The molecule has 1 aliphatic rings. The van der Waals surface area contributed by atoms with Gasteiger partial charge in [0.1, 0.15) is 0 Å². The van der Waals surface area contributed by atoms with Gasteiger partial charge in [-0.2, -0.15) is 5.26 Å². The fraction of sp³-hybridized carbons (Fsp3) is 0.333. The zero-order valence-electron chi connectivity index (χ0n) is 9.32. The van der Waals surface area contributed by atoms with Crippen molar-refractivity contribution in [1.29, 1.82) is 5.26 Å². The van der Waals surface area contributed by atoms with Crippen molar-refractivity contribution in [2.45, 2.75) is 19.9 Å².